The molecule has 0 unspecified atom stereocenters. The number of rotatable bonds is 4. The molecular weight excluding hydrogens is 343 g/mol. The number of hydrogen-bond acceptors (Lipinski definition) is 3. The van der Waals surface area contributed by atoms with E-state index in [4.69, 9.17) is 11.6 Å². The molecule has 1 saturated heterocycles. The topological polar surface area (TPSA) is 41.4 Å². The first-order valence-electron chi connectivity index (χ1n) is 8.34. The molecule has 1 aliphatic heterocycles. The van der Waals surface area contributed by atoms with Crippen molar-refractivity contribution in [3.05, 3.63) is 53.1 Å². The first-order chi connectivity index (χ1) is 11.9. The van der Waals surface area contributed by atoms with Gasteiger partial charge in [-0.05, 0) is 19.9 Å². The van der Waals surface area contributed by atoms with Gasteiger partial charge in [0, 0.05) is 44.5 Å². The summed E-state index contributed by atoms with van der Waals surface area (Å²) >= 11 is 5.92. The summed E-state index contributed by atoms with van der Waals surface area (Å²) in [6, 6.07) is 6.82. The van der Waals surface area contributed by atoms with Gasteiger partial charge in [-0.2, -0.15) is 5.10 Å². The van der Waals surface area contributed by atoms with Crippen LogP contribution >= 0.6 is 11.6 Å². The van der Waals surface area contributed by atoms with Crippen LogP contribution in [0.15, 0.2) is 36.7 Å². The molecule has 1 fully saturated rings. The van der Waals surface area contributed by atoms with E-state index >= 15 is 0 Å². The van der Waals surface area contributed by atoms with Gasteiger partial charge in [0.05, 0.1) is 11.2 Å². The number of nitrogens with zero attached hydrogens (tertiary/aromatic N) is 4. The molecule has 1 aromatic heterocycles. The second-order valence-electron chi connectivity index (χ2n) is 6.82. The van der Waals surface area contributed by atoms with Crippen molar-refractivity contribution >= 4 is 17.5 Å². The number of benzene rings is 1. The minimum absolute atomic E-state index is 0.0119. The van der Waals surface area contributed by atoms with Crippen LogP contribution in [-0.4, -0.2) is 51.7 Å². The lowest BCUT2D eigenvalue weighted by molar-refractivity contribution is -0.141. The predicted molar refractivity (Wildman–Crippen MR) is 94.8 cm³/mol. The minimum Gasteiger partial charge on any atom is -0.338 e. The maximum atomic E-state index is 13.8. The molecule has 0 spiro atoms. The van der Waals surface area contributed by atoms with E-state index in [1.54, 1.807) is 23.0 Å². The predicted octanol–water partition coefficient (Wildman–Crippen LogP) is 2.76. The summed E-state index contributed by atoms with van der Waals surface area (Å²) in [7, 11) is 0. The Hall–Kier alpha value is -1.92. The zero-order valence-corrected chi connectivity index (χ0v) is 15.2. The summed E-state index contributed by atoms with van der Waals surface area (Å²) in [5, 5.41) is 4.68. The molecule has 1 amide bonds. The average Bonchev–Trinajstić information content (AvgIpc) is 3.04. The fraction of sp³-hybridized carbons (Fsp3) is 0.444. The Morgan fingerprint density at radius 3 is 2.52 bits per heavy atom. The molecule has 0 bridgehead atoms. The van der Waals surface area contributed by atoms with Crippen LogP contribution in [0.5, 0.6) is 0 Å². The van der Waals surface area contributed by atoms with Gasteiger partial charge in [0.15, 0.2) is 0 Å². The zero-order chi connectivity index (χ0) is 18.0. The first-order valence-corrected chi connectivity index (χ1v) is 8.71. The zero-order valence-electron chi connectivity index (χ0n) is 14.5. The van der Waals surface area contributed by atoms with Crippen LogP contribution in [-0.2, 0) is 16.9 Å². The van der Waals surface area contributed by atoms with E-state index in [9.17, 15) is 9.18 Å². The van der Waals surface area contributed by atoms with Crippen LogP contribution in [0.2, 0.25) is 5.02 Å². The van der Waals surface area contributed by atoms with E-state index < -0.39 is 5.54 Å². The summed E-state index contributed by atoms with van der Waals surface area (Å²) in [5.74, 6) is -0.171. The summed E-state index contributed by atoms with van der Waals surface area (Å²) in [6.07, 6.45) is 3.19. The normalized spacial score (nSPS) is 16.2. The number of halogens is 2. The van der Waals surface area contributed by atoms with E-state index in [-0.39, 0.29) is 11.7 Å². The number of carbonyl (C=O) groups is 1. The van der Waals surface area contributed by atoms with Gasteiger partial charge in [-0.1, -0.05) is 29.8 Å². The van der Waals surface area contributed by atoms with Crippen molar-refractivity contribution in [3.63, 3.8) is 0 Å². The summed E-state index contributed by atoms with van der Waals surface area (Å²) < 4.78 is 15.4. The molecule has 0 aliphatic carbocycles. The smallest absolute Gasteiger partial charge is 0.250 e. The molecule has 1 aliphatic rings. The van der Waals surface area contributed by atoms with Crippen LogP contribution in [0, 0.1) is 5.82 Å². The van der Waals surface area contributed by atoms with Crippen LogP contribution < -0.4 is 0 Å². The Morgan fingerprint density at radius 2 is 1.92 bits per heavy atom. The molecule has 25 heavy (non-hydrogen) atoms. The van der Waals surface area contributed by atoms with Crippen LogP contribution in [0.25, 0.3) is 0 Å². The largest absolute Gasteiger partial charge is 0.338 e. The Kier molecular flexibility index (Phi) is 5.11. The van der Waals surface area contributed by atoms with E-state index in [1.807, 2.05) is 24.8 Å². The SMILES string of the molecule is CC(C)(C(=O)N1CCN(Cc2ccccc2F)CC1)n1cc(Cl)cn1. The number of amides is 1. The second kappa shape index (κ2) is 7.14. The third-order valence-electron chi connectivity index (χ3n) is 4.66. The van der Waals surface area contributed by atoms with Crippen molar-refractivity contribution < 1.29 is 9.18 Å². The molecule has 0 atom stereocenters. The quantitative estimate of drug-likeness (QED) is 0.837. The van der Waals surface area contributed by atoms with Gasteiger partial charge >= 0.3 is 0 Å². The van der Waals surface area contributed by atoms with E-state index in [2.05, 4.69) is 10.00 Å². The van der Waals surface area contributed by atoms with E-state index in [1.165, 1.54) is 12.3 Å². The molecular formula is C18H22ClFN4O. The van der Waals surface area contributed by atoms with Gasteiger partial charge in [0.2, 0.25) is 5.91 Å². The fourth-order valence-corrected chi connectivity index (χ4v) is 3.20. The number of carbonyl (C=O) groups excluding carboxylic acids is 1. The first kappa shape index (κ1) is 17.9. The Bertz CT molecular complexity index is 753. The lowest BCUT2D eigenvalue weighted by Gasteiger charge is -2.38. The highest BCUT2D eigenvalue weighted by atomic mass is 35.5. The van der Waals surface area contributed by atoms with Gasteiger partial charge < -0.3 is 4.90 Å². The average molecular weight is 365 g/mol. The molecule has 1 aromatic carbocycles. The highest BCUT2D eigenvalue weighted by Gasteiger charge is 2.36. The molecule has 0 saturated carbocycles. The van der Waals surface area contributed by atoms with Gasteiger partial charge in [-0.15, -0.1) is 0 Å². The van der Waals surface area contributed by atoms with Crippen LogP contribution in [0.1, 0.15) is 19.4 Å². The van der Waals surface area contributed by atoms with Gasteiger partial charge in [-0.25, -0.2) is 4.39 Å². The summed E-state index contributed by atoms with van der Waals surface area (Å²) in [6.45, 7) is 6.91. The molecule has 7 heteroatoms. The maximum absolute atomic E-state index is 13.8. The molecule has 2 heterocycles. The standard InChI is InChI=1S/C18H22ClFN4O/c1-18(2,24-13-15(19)11-21-24)17(25)23-9-7-22(8-10-23)12-14-5-3-4-6-16(14)20/h3-6,11,13H,7-10,12H2,1-2H3. The lowest BCUT2D eigenvalue weighted by atomic mass is 10.0. The van der Waals surface area contributed by atoms with Crippen molar-refractivity contribution in [2.45, 2.75) is 25.9 Å². The highest BCUT2D eigenvalue weighted by molar-refractivity contribution is 6.30. The summed E-state index contributed by atoms with van der Waals surface area (Å²) in [4.78, 5) is 16.9. The molecule has 0 N–H and O–H groups in total. The van der Waals surface area contributed by atoms with Gasteiger partial charge in [0.25, 0.3) is 0 Å². The van der Waals surface area contributed by atoms with Gasteiger partial charge in [0.1, 0.15) is 11.4 Å². The van der Waals surface area contributed by atoms with Crippen LogP contribution in [0.3, 0.4) is 0 Å². The van der Waals surface area contributed by atoms with Crippen molar-refractivity contribution in [3.8, 4) is 0 Å². The van der Waals surface area contributed by atoms with Crippen molar-refractivity contribution in [1.29, 1.82) is 0 Å². The van der Waals surface area contributed by atoms with E-state index in [0.29, 0.717) is 30.2 Å². The van der Waals surface area contributed by atoms with Crippen molar-refractivity contribution in [1.82, 2.24) is 19.6 Å². The number of piperazine rings is 1. The molecule has 2 aromatic rings. The minimum atomic E-state index is -0.791. The monoisotopic (exact) mass is 364 g/mol. The molecule has 134 valence electrons. The molecule has 0 radical (unpaired) electrons. The highest BCUT2D eigenvalue weighted by Crippen LogP contribution is 2.21. The second-order valence-corrected chi connectivity index (χ2v) is 7.26. The maximum Gasteiger partial charge on any atom is 0.250 e. The Balaban J connectivity index is 1.60. The Morgan fingerprint density at radius 1 is 1.24 bits per heavy atom. The third-order valence-corrected chi connectivity index (χ3v) is 4.85. The van der Waals surface area contributed by atoms with Gasteiger partial charge in [-0.3, -0.25) is 14.4 Å². The Labute approximate surface area is 152 Å². The third kappa shape index (κ3) is 3.85. The molecule has 3 rings (SSSR count). The number of hydrogen-bond donors (Lipinski definition) is 0. The number of aromatic nitrogens is 2. The summed E-state index contributed by atoms with van der Waals surface area (Å²) in [5.41, 5.74) is -0.102. The van der Waals surface area contributed by atoms with Crippen molar-refractivity contribution in [2.75, 3.05) is 26.2 Å². The fourth-order valence-electron chi connectivity index (χ4n) is 3.07. The van der Waals surface area contributed by atoms with Crippen LogP contribution in [0.4, 0.5) is 4.39 Å². The van der Waals surface area contributed by atoms with E-state index in [0.717, 1.165) is 13.1 Å². The van der Waals surface area contributed by atoms with Crippen molar-refractivity contribution in [2.24, 2.45) is 0 Å². The molecule has 5 nitrogen and oxygen atoms in total. The lowest BCUT2D eigenvalue weighted by Crippen LogP contribution is -2.54.